The monoisotopic (exact) mass is 1090 g/mol. The smallest absolute Gasteiger partial charge is 0.111 e. The molecular formula is C69H78O4P4. The van der Waals surface area contributed by atoms with E-state index in [1.165, 1.54) is 97.8 Å². The highest BCUT2D eigenvalue weighted by Gasteiger charge is 2.46. The van der Waals surface area contributed by atoms with E-state index in [9.17, 15) is 0 Å². The summed E-state index contributed by atoms with van der Waals surface area (Å²) in [5.41, 5.74) is 11.9. The van der Waals surface area contributed by atoms with Crippen molar-refractivity contribution in [3.63, 3.8) is 0 Å². The Hall–Kier alpha value is -5.62. The average molecular weight is 1100 g/mol. The molecule has 0 fully saturated rings. The van der Waals surface area contributed by atoms with Crippen LogP contribution in [0.4, 0.5) is 0 Å². The topological polar surface area (TPSA) is 86.2 Å². The van der Waals surface area contributed by atoms with Gasteiger partial charge in [0.2, 0.25) is 0 Å². The highest BCUT2D eigenvalue weighted by molar-refractivity contribution is 7.96. The van der Waals surface area contributed by atoms with E-state index >= 15 is 0 Å². The lowest BCUT2D eigenvalue weighted by Crippen LogP contribution is -2.32. The molecule has 9 rings (SSSR count). The lowest BCUT2D eigenvalue weighted by Gasteiger charge is -2.36. The molecule has 4 nitrogen and oxygen atoms in total. The van der Waals surface area contributed by atoms with Crippen molar-refractivity contribution in [2.24, 2.45) is 0 Å². The van der Waals surface area contributed by atoms with Crippen molar-refractivity contribution in [3.05, 3.63) is 268 Å². The van der Waals surface area contributed by atoms with Gasteiger partial charge in [-0.05, 0) is 192 Å². The van der Waals surface area contributed by atoms with Crippen molar-refractivity contribution in [2.75, 3.05) is 18.5 Å². The number of hydrogen-bond donors (Lipinski definition) is 0. The first-order valence-electron chi connectivity index (χ1n) is 26.7. The molecule has 0 spiro atoms. The summed E-state index contributed by atoms with van der Waals surface area (Å²) in [5, 5.41) is 13.3. The summed E-state index contributed by atoms with van der Waals surface area (Å²) in [4.78, 5) is 25.6. The van der Waals surface area contributed by atoms with Gasteiger partial charge in [0.25, 0.3) is 0 Å². The first-order chi connectivity index (χ1) is 36.7. The van der Waals surface area contributed by atoms with Crippen molar-refractivity contribution < 1.29 is 19.2 Å². The average Bonchev–Trinajstić information content (AvgIpc) is 3.44. The zero-order chi connectivity index (χ0) is 56.0. The largest absolute Gasteiger partial charge is 0.822 e. The van der Waals surface area contributed by atoms with E-state index in [4.69, 9.17) is 19.2 Å². The maximum atomic E-state index is 8.55. The third-order valence-corrected chi connectivity index (χ3v) is 28.2. The van der Waals surface area contributed by atoms with Crippen LogP contribution in [-0.4, -0.2) is 18.5 Å². The predicted octanol–water partition coefficient (Wildman–Crippen LogP) is 12.0. The quantitative estimate of drug-likeness (QED) is 0.114. The van der Waals surface area contributed by atoms with Crippen LogP contribution in [-0.2, 0) is 4.57 Å². The van der Waals surface area contributed by atoms with Gasteiger partial charge in [-0.2, -0.15) is 7.82 Å². The van der Waals surface area contributed by atoms with Gasteiger partial charge in [-0.25, -0.2) is 0 Å². The van der Waals surface area contributed by atoms with E-state index in [2.05, 4.69) is 301 Å². The first kappa shape index (κ1) is 60.6. The number of benzene rings is 9. The molecule has 0 radical (unpaired) electrons. The molecule has 0 atom stereocenters. The minimum absolute atomic E-state index is 1.14. The molecule has 0 N–H and O–H groups in total. The minimum atomic E-state index is -5.39. The first-order valence-corrected chi connectivity index (χ1v) is 34.1. The Kier molecular flexibility index (Phi) is 21.5. The molecule has 0 aliphatic rings. The molecule has 0 aliphatic carbocycles. The molecule has 77 heavy (non-hydrogen) atoms. The van der Waals surface area contributed by atoms with Crippen LogP contribution in [0.1, 0.15) is 70.8 Å². The van der Waals surface area contributed by atoms with Crippen LogP contribution < -0.4 is 62.4 Å². The van der Waals surface area contributed by atoms with E-state index < -0.39 is 29.6 Å². The highest BCUT2D eigenvalue weighted by Crippen LogP contribution is 2.57. The molecular weight excluding hydrogens is 1020 g/mol. The number of aryl methyl sites for hydroxylation is 9. The second-order valence-corrected chi connectivity index (χ2v) is 32.6. The molecule has 9 aromatic carbocycles. The molecule has 0 bridgehead atoms. The van der Waals surface area contributed by atoms with Crippen LogP contribution in [0.2, 0.25) is 0 Å². The maximum Gasteiger partial charge on any atom is 0.111 e. The van der Waals surface area contributed by atoms with Gasteiger partial charge in [0, 0.05) is 0 Å². The van der Waals surface area contributed by atoms with Crippen molar-refractivity contribution in [1.82, 2.24) is 0 Å². The van der Waals surface area contributed by atoms with Crippen LogP contribution in [0, 0.1) is 62.3 Å². The maximum absolute atomic E-state index is 8.55. The Morgan fingerprint density at radius 2 is 0.312 bits per heavy atom. The molecule has 0 heterocycles. The molecule has 0 amide bonds. The van der Waals surface area contributed by atoms with Crippen molar-refractivity contribution in [1.29, 1.82) is 0 Å². The van der Waals surface area contributed by atoms with Gasteiger partial charge in [0.1, 0.15) is 69.5 Å². The normalized spacial score (nSPS) is 11.5. The zero-order valence-corrected chi connectivity index (χ0v) is 50.9. The fourth-order valence-electron chi connectivity index (χ4n) is 10.2. The van der Waals surface area contributed by atoms with Gasteiger partial charge < -0.3 is 19.2 Å². The number of hydrogen-bond acceptors (Lipinski definition) is 4. The van der Waals surface area contributed by atoms with E-state index in [-0.39, 0.29) is 0 Å². The summed E-state index contributed by atoms with van der Waals surface area (Å²) < 4.78 is 8.55. The fraction of sp³-hybridized carbons (Fsp3) is 0.217. The van der Waals surface area contributed by atoms with Crippen LogP contribution in [0.5, 0.6) is 0 Å². The second-order valence-electron chi connectivity index (χ2n) is 20.3. The molecule has 0 saturated heterocycles. The molecule has 9 aromatic rings. The van der Waals surface area contributed by atoms with E-state index in [0.717, 1.165) is 18.5 Å². The Bertz CT molecular complexity index is 2590. The van der Waals surface area contributed by atoms with Crippen LogP contribution >= 0.6 is 29.6 Å². The Morgan fingerprint density at radius 1 is 0.234 bits per heavy atom. The number of phosphoric acid groups is 1. The molecule has 0 unspecified atom stereocenters. The SMILES string of the molecule is CC[P+](c1ccc(C)cc1)(c1ccc(C)cc1)c1ccc(C)cc1.CC[P+](c1ccc(C)cc1)(c1ccc(C)cc1)c1ccc(C)cc1.CC[P+](c1ccc(C)cc1)(c1ccc(C)cc1)c1ccc(C)cc1.O=P([O-])([O-])[O-]. The molecule has 0 aromatic heterocycles. The molecule has 8 heteroatoms. The Morgan fingerprint density at radius 3 is 0.377 bits per heavy atom. The van der Waals surface area contributed by atoms with Crippen molar-refractivity contribution in [2.45, 2.75) is 83.1 Å². The summed E-state index contributed by atoms with van der Waals surface area (Å²) in [6, 6.07) is 82.7. The minimum Gasteiger partial charge on any atom is -0.822 e. The second kappa shape index (κ2) is 27.3. The molecule has 0 saturated carbocycles. The van der Waals surface area contributed by atoms with Crippen molar-refractivity contribution >= 4 is 77.4 Å². The van der Waals surface area contributed by atoms with Gasteiger partial charge in [0.15, 0.2) is 0 Å². The van der Waals surface area contributed by atoms with Gasteiger partial charge >= 0.3 is 0 Å². The molecule has 398 valence electrons. The molecule has 0 aliphatic heterocycles. The summed E-state index contributed by atoms with van der Waals surface area (Å²) in [6.45, 7) is 26.5. The predicted molar refractivity (Wildman–Crippen MR) is 337 cm³/mol. The summed E-state index contributed by atoms with van der Waals surface area (Å²) in [5.74, 6) is 0. The third kappa shape index (κ3) is 15.2. The summed E-state index contributed by atoms with van der Waals surface area (Å²) in [7, 11) is -10.2. The van der Waals surface area contributed by atoms with Crippen LogP contribution in [0.15, 0.2) is 218 Å². The van der Waals surface area contributed by atoms with Crippen LogP contribution in [0.25, 0.3) is 0 Å². The lowest BCUT2D eigenvalue weighted by molar-refractivity contribution is -0.432. The standard InChI is InChI=1S/3C23H26P.H3O4P/c3*1-5-24(21-12-6-18(2)7-13-21,22-14-8-19(3)9-15-22)23-16-10-20(4)11-17-23;1-5(2,3)4/h3*6-17H,5H2,1-4H3;(H3,1,2,3,4)/q3*+1;/p-3. The summed E-state index contributed by atoms with van der Waals surface area (Å²) >= 11 is 0. The van der Waals surface area contributed by atoms with Crippen LogP contribution in [0.3, 0.4) is 0 Å². The lowest BCUT2D eigenvalue weighted by atomic mass is 10.2. The van der Waals surface area contributed by atoms with E-state index in [1.807, 2.05) is 0 Å². The van der Waals surface area contributed by atoms with Gasteiger partial charge in [-0.15, -0.1) is 0 Å². The zero-order valence-electron chi connectivity index (χ0n) is 47.3. The third-order valence-electron chi connectivity index (χ3n) is 14.7. The van der Waals surface area contributed by atoms with E-state index in [1.54, 1.807) is 0 Å². The Balaban J connectivity index is 0.000000179. The fourth-order valence-corrected chi connectivity index (χ4v) is 22.1. The van der Waals surface area contributed by atoms with Gasteiger partial charge in [-0.3, -0.25) is 0 Å². The van der Waals surface area contributed by atoms with Gasteiger partial charge in [0.05, 0.1) is 18.5 Å². The van der Waals surface area contributed by atoms with Gasteiger partial charge in [-0.1, -0.05) is 159 Å². The number of rotatable bonds is 12. The van der Waals surface area contributed by atoms with Crippen molar-refractivity contribution in [3.8, 4) is 0 Å². The summed E-state index contributed by atoms with van der Waals surface area (Å²) in [6.07, 6.45) is 3.42. The van der Waals surface area contributed by atoms with E-state index in [0.29, 0.717) is 0 Å². The highest BCUT2D eigenvalue weighted by atomic mass is 31.2. The Labute approximate surface area is 464 Å².